The van der Waals surface area contributed by atoms with Crippen molar-refractivity contribution in [3.8, 4) is 0 Å². The van der Waals surface area contributed by atoms with Crippen molar-refractivity contribution in [1.82, 2.24) is 0 Å². The van der Waals surface area contributed by atoms with Crippen LogP contribution in [0.2, 0.25) is 5.02 Å². The number of carbonyl (C=O) groups is 3. The highest BCUT2D eigenvalue weighted by atomic mass is 35.5. The zero-order valence-electron chi connectivity index (χ0n) is 18.5. The average molecular weight is 497 g/mol. The number of alkyl halides is 3. The molecule has 2 aromatic rings. The molecule has 0 spiro atoms. The summed E-state index contributed by atoms with van der Waals surface area (Å²) in [5, 5.41) is 2.11. The molecule has 2 aromatic carbocycles. The number of nitrogens with one attached hydrogen (secondary N) is 1. The van der Waals surface area contributed by atoms with Crippen LogP contribution in [0.3, 0.4) is 0 Å². The molecule has 3 rings (SSSR count). The molecule has 0 aliphatic carbocycles. The number of ether oxygens (including phenoxy) is 1. The summed E-state index contributed by atoms with van der Waals surface area (Å²) in [5.74, 6) is -2.57. The van der Waals surface area contributed by atoms with E-state index in [0.717, 1.165) is 31.4 Å². The highest BCUT2D eigenvalue weighted by Crippen LogP contribution is 2.34. The van der Waals surface area contributed by atoms with Gasteiger partial charge in [-0.15, -0.1) is 0 Å². The summed E-state index contributed by atoms with van der Waals surface area (Å²) >= 11 is 5.85. The van der Waals surface area contributed by atoms with E-state index in [1.807, 2.05) is 24.3 Å². The number of esters is 1. The van der Waals surface area contributed by atoms with Crippen LogP contribution >= 0.6 is 11.6 Å². The van der Waals surface area contributed by atoms with Crippen molar-refractivity contribution in [1.29, 1.82) is 0 Å². The van der Waals surface area contributed by atoms with Gasteiger partial charge in [0, 0.05) is 18.7 Å². The topological polar surface area (TPSA) is 75.7 Å². The molecule has 182 valence electrons. The van der Waals surface area contributed by atoms with Crippen LogP contribution < -0.4 is 10.2 Å². The number of amides is 2. The number of benzene rings is 2. The molecule has 10 heteroatoms. The summed E-state index contributed by atoms with van der Waals surface area (Å²) in [4.78, 5) is 38.4. The standard InChI is InChI=1S/C24H24ClF3N2O4/c1-2-3-4-15-5-8-18(9-6-15)30-13-16(11-22(30)32)23(33)34-14-21(31)29-20-12-17(24(26,27)28)7-10-19(20)25/h5-10,12,16H,2-4,11,13-14H2,1H3,(H,29,31)/t16-/m0/s1. The number of halogens is 4. The highest BCUT2D eigenvalue weighted by Gasteiger charge is 2.36. The second kappa shape index (κ2) is 10.9. The minimum atomic E-state index is -4.60. The van der Waals surface area contributed by atoms with Gasteiger partial charge in [-0.1, -0.05) is 37.1 Å². The fourth-order valence-electron chi connectivity index (χ4n) is 3.58. The second-order valence-corrected chi connectivity index (χ2v) is 8.43. The molecule has 1 saturated heterocycles. The Kier molecular flexibility index (Phi) is 8.19. The smallest absolute Gasteiger partial charge is 0.416 e. The molecule has 0 unspecified atom stereocenters. The molecule has 1 atom stereocenters. The molecule has 1 aliphatic heterocycles. The summed E-state index contributed by atoms with van der Waals surface area (Å²) < 4.78 is 43.6. The Morgan fingerprint density at radius 2 is 1.88 bits per heavy atom. The van der Waals surface area contributed by atoms with Crippen molar-refractivity contribution in [2.24, 2.45) is 5.92 Å². The maximum absolute atomic E-state index is 12.9. The molecule has 1 aliphatic rings. The summed E-state index contributed by atoms with van der Waals surface area (Å²) in [6.07, 6.45) is -1.55. The third-order valence-corrected chi connectivity index (χ3v) is 5.77. The molecule has 0 saturated carbocycles. The Morgan fingerprint density at radius 1 is 1.18 bits per heavy atom. The molecule has 2 amide bonds. The molecule has 1 heterocycles. The first kappa shape index (κ1) is 25.6. The van der Waals surface area contributed by atoms with Gasteiger partial charge in [-0.25, -0.2) is 0 Å². The van der Waals surface area contributed by atoms with Crippen molar-refractivity contribution >= 4 is 40.8 Å². The Hall–Kier alpha value is -3.07. The molecule has 1 fully saturated rings. The van der Waals surface area contributed by atoms with Crippen LogP contribution in [0.25, 0.3) is 0 Å². The molecule has 34 heavy (non-hydrogen) atoms. The third kappa shape index (κ3) is 6.50. The number of rotatable bonds is 8. The normalized spacial score (nSPS) is 16.0. The lowest BCUT2D eigenvalue weighted by Crippen LogP contribution is -2.28. The minimum Gasteiger partial charge on any atom is -0.455 e. The lowest BCUT2D eigenvalue weighted by Gasteiger charge is -2.17. The first-order chi connectivity index (χ1) is 16.1. The number of hydrogen-bond acceptors (Lipinski definition) is 4. The molecular weight excluding hydrogens is 473 g/mol. The maximum atomic E-state index is 12.9. The first-order valence-corrected chi connectivity index (χ1v) is 11.2. The van der Waals surface area contributed by atoms with E-state index in [1.54, 1.807) is 0 Å². The maximum Gasteiger partial charge on any atom is 0.416 e. The molecule has 0 radical (unpaired) electrons. The summed E-state index contributed by atoms with van der Waals surface area (Å²) in [5.41, 5.74) is 0.617. The van der Waals surface area contributed by atoms with Gasteiger partial charge in [-0.05, 0) is 48.7 Å². The van der Waals surface area contributed by atoms with Crippen LogP contribution in [0.15, 0.2) is 42.5 Å². The Balaban J connectivity index is 1.53. The van der Waals surface area contributed by atoms with Crippen molar-refractivity contribution in [2.75, 3.05) is 23.4 Å². The largest absolute Gasteiger partial charge is 0.455 e. The lowest BCUT2D eigenvalue weighted by atomic mass is 10.1. The Labute approximate surface area is 200 Å². The second-order valence-electron chi connectivity index (χ2n) is 8.02. The van der Waals surface area contributed by atoms with Gasteiger partial charge >= 0.3 is 12.1 Å². The summed E-state index contributed by atoms with van der Waals surface area (Å²) in [6, 6.07) is 10.1. The van der Waals surface area contributed by atoms with Crippen molar-refractivity contribution in [3.05, 3.63) is 58.6 Å². The minimum absolute atomic E-state index is 0.0580. The average Bonchev–Trinajstić information content (AvgIpc) is 3.18. The van der Waals surface area contributed by atoms with Crippen molar-refractivity contribution < 1.29 is 32.3 Å². The van der Waals surface area contributed by atoms with Gasteiger partial charge < -0.3 is 15.0 Å². The monoisotopic (exact) mass is 496 g/mol. The van der Waals surface area contributed by atoms with E-state index in [0.29, 0.717) is 11.8 Å². The number of anilines is 2. The molecular formula is C24H24ClF3N2O4. The van der Waals surface area contributed by atoms with E-state index in [1.165, 1.54) is 10.5 Å². The van der Waals surface area contributed by atoms with Gasteiger partial charge in [0.1, 0.15) is 0 Å². The predicted octanol–water partition coefficient (Wildman–Crippen LogP) is 5.24. The van der Waals surface area contributed by atoms with Crippen LogP contribution in [0.4, 0.5) is 24.5 Å². The fraction of sp³-hybridized carbons (Fsp3) is 0.375. The molecule has 0 bridgehead atoms. The van der Waals surface area contributed by atoms with E-state index >= 15 is 0 Å². The van der Waals surface area contributed by atoms with E-state index in [-0.39, 0.29) is 29.6 Å². The van der Waals surface area contributed by atoms with Gasteiger partial charge in [0.15, 0.2) is 6.61 Å². The first-order valence-electron chi connectivity index (χ1n) is 10.8. The fourth-order valence-corrected chi connectivity index (χ4v) is 3.74. The number of nitrogens with zero attached hydrogens (tertiary/aromatic N) is 1. The molecule has 0 aromatic heterocycles. The van der Waals surface area contributed by atoms with E-state index < -0.39 is 36.1 Å². The number of hydrogen-bond donors (Lipinski definition) is 1. The van der Waals surface area contributed by atoms with Gasteiger partial charge in [-0.2, -0.15) is 13.2 Å². The van der Waals surface area contributed by atoms with E-state index in [2.05, 4.69) is 12.2 Å². The predicted molar refractivity (Wildman–Crippen MR) is 122 cm³/mol. The van der Waals surface area contributed by atoms with Crippen LogP contribution in [-0.4, -0.2) is 30.9 Å². The highest BCUT2D eigenvalue weighted by molar-refractivity contribution is 6.33. The number of carbonyl (C=O) groups excluding carboxylic acids is 3. The number of unbranched alkanes of at least 4 members (excludes halogenated alkanes) is 1. The van der Waals surface area contributed by atoms with E-state index in [4.69, 9.17) is 16.3 Å². The van der Waals surface area contributed by atoms with Gasteiger partial charge in [0.2, 0.25) is 5.91 Å². The SMILES string of the molecule is CCCCc1ccc(N2C[C@@H](C(=O)OCC(=O)Nc3cc(C(F)(F)F)ccc3Cl)CC2=O)cc1. The zero-order valence-corrected chi connectivity index (χ0v) is 19.2. The molecule has 6 nitrogen and oxygen atoms in total. The molecule has 1 N–H and O–H groups in total. The Bertz CT molecular complexity index is 1060. The number of aryl methyl sites for hydroxylation is 1. The van der Waals surface area contributed by atoms with Gasteiger partial charge in [0.25, 0.3) is 5.91 Å². The quantitative estimate of drug-likeness (QED) is 0.507. The summed E-state index contributed by atoms with van der Waals surface area (Å²) in [6.45, 7) is 1.51. The van der Waals surface area contributed by atoms with Crippen LogP contribution in [0.5, 0.6) is 0 Å². The van der Waals surface area contributed by atoms with Crippen molar-refractivity contribution in [3.63, 3.8) is 0 Å². The summed E-state index contributed by atoms with van der Waals surface area (Å²) in [7, 11) is 0. The van der Waals surface area contributed by atoms with Gasteiger partial charge in [0.05, 0.1) is 22.2 Å². The van der Waals surface area contributed by atoms with E-state index in [9.17, 15) is 27.6 Å². The van der Waals surface area contributed by atoms with Crippen molar-refractivity contribution in [2.45, 2.75) is 38.8 Å². The lowest BCUT2D eigenvalue weighted by molar-refractivity contribution is -0.151. The third-order valence-electron chi connectivity index (χ3n) is 5.44. The van der Waals surface area contributed by atoms with Gasteiger partial charge in [-0.3, -0.25) is 14.4 Å². The van der Waals surface area contributed by atoms with Crippen LogP contribution in [0, 0.1) is 5.92 Å². The van der Waals surface area contributed by atoms with Crippen LogP contribution in [0.1, 0.15) is 37.3 Å². The Morgan fingerprint density at radius 3 is 2.53 bits per heavy atom. The van der Waals surface area contributed by atoms with Crippen LogP contribution in [-0.2, 0) is 31.7 Å². The zero-order chi connectivity index (χ0) is 24.9.